The van der Waals surface area contributed by atoms with Gasteiger partial charge in [0.15, 0.2) is 17.5 Å². The third-order valence-electron chi connectivity index (χ3n) is 12.3. The molecule has 0 spiro atoms. The Labute approximate surface area is 340 Å². The van der Waals surface area contributed by atoms with Gasteiger partial charge in [-0.05, 0) is 64.2 Å². The summed E-state index contributed by atoms with van der Waals surface area (Å²) in [7, 11) is 0. The lowest BCUT2D eigenvalue weighted by Gasteiger charge is -2.21. The quantitative estimate of drug-likeness (QED) is 0.175. The highest BCUT2D eigenvalue weighted by molar-refractivity contribution is 6.18. The van der Waals surface area contributed by atoms with Gasteiger partial charge in [-0.2, -0.15) is 0 Å². The van der Waals surface area contributed by atoms with Gasteiger partial charge >= 0.3 is 0 Å². The van der Waals surface area contributed by atoms with E-state index in [9.17, 15) is 0 Å². The van der Waals surface area contributed by atoms with Crippen LogP contribution in [-0.2, 0) is 5.41 Å². The predicted octanol–water partition coefficient (Wildman–Crippen LogP) is 13.8. The lowest BCUT2D eigenvalue weighted by molar-refractivity contribution is 0.661. The molecule has 0 fully saturated rings. The average Bonchev–Trinajstić information content (AvgIpc) is 3.92. The van der Waals surface area contributed by atoms with Gasteiger partial charge in [0.2, 0.25) is 0 Å². The van der Waals surface area contributed by atoms with Crippen molar-refractivity contribution in [2.45, 2.75) is 19.3 Å². The number of nitrogens with zero attached hydrogens (tertiary/aromatic N) is 4. The molecule has 5 heteroatoms. The number of hydrogen-bond donors (Lipinski definition) is 0. The number of hydrogen-bond acceptors (Lipinski definition) is 4. The van der Waals surface area contributed by atoms with Crippen molar-refractivity contribution >= 4 is 43.7 Å². The zero-order chi connectivity index (χ0) is 39.2. The summed E-state index contributed by atoms with van der Waals surface area (Å²) in [4.78, 5) is 15.4. The van der Waals surface area contributed by atoms with E-state index in [0.717, 1.165) is 61.0 Å². The minimum absolute atomic E-state index is 0.0872. The highest BCUT2D eigenvalue weighted by Gasteiger charge is 2.37. The van der Waals surface area contributed by atoms with Crippen LogP contribution in [0.3, 0.4) is 0 Å². The summed E-state index contributed by atoms with van der Waals surface area (Å²) in [6.45, 7) is 4.69. The van der Waals surface area contributed by atoms with Crippen LogP contribution in [0.5, 0.6) is 0 Å². The lowest BCUT2D eigenvalue weighted by atomic mass is 9.82. The number of benzene rings is 8. The van der Waals surface area contributed by atoms with Gasteiger partial charge in [0.25, 0.3) is 0 Å². The summed E-state index contributed by atoms with van der Waals surface area (Å²) in [5.41, 5.74) is 15.2. The molecular weight excluding hydrogens is 721 g/mol. The topological polar surface area (TPSA) is 56.7 Å². The van der Waals surface area contributed by atoms with Crippen molar-refractivity contribution in [3.8, 4) is 62.1 Å². The summed E-state index contributed by atoms with van der Waals surface area (Å²) in [6, 6.07) is 64.0. The van der Waals surface area contributed by atoms with E-state index in [1.54, 1.807) is 0 Å². The third-order valence-corrected chi connectivity index (χ3v) is 12.3. The van der Waals surface area contributed by atoms with Gasteiger partial charge in [0.1, 0.15) is 11.2 Å². The Morgan fingerprint density at radius 3 is 1.88 bits per heavy atom. The van der Waals surface area contributed by atoms with Gasteiger partial charge in [-0.15, -0.1) is 0 Å². The monoisotopic (exact) mass is 756 g/mol. The molecule has 11 aromatic rings. The molecule has 1 aliphatic carbocycles. The molecule has 278 valence electrons. The Balaban J connectivity index is 1.03. The molecule has 0 amide bonds. The Bertz CT molecular complexity index is 3470. The van der Waals surface area contributed by atoms with Crippen LogP contribution in [0, 0.1) is 0 Å². The van der Waals surface area contributed by atoms with E-state index < -0.39 is 0 Å². The first kappa shape index (κ1) is 33.5. The minimum atomic E-state index is -0.0872. The second kappa shape index (κ2) is 12.7. The number of aromatic nitrogens is 4. The van der Waals surface area contributed by atoms with Crippen molar-refractivity contribution < 1.29 is 4.42 Å². The van der Waals surface area contributed by atoms with Crippen LogP contribution in [-0.4, -0.2) is 19.5 Å². The summed E-state index contributed by atoms with van der Waals surface area (Å²) < 4.78 is 9.03. The minimum Gasteiger partial charge on any atom is -0.455 e. The Morgan fingerprint density at radius 1 is 0.441 bits per heavy atom. The van der Waals surface area contributed by atoms with Crippen LogP contribution in [0.1, 0.15) is 25.0 Å². The molecule has 3 aromatic heterocycles. The van der Waals surface area contributed by atoms with E-state index >= 15 is 0 Å². The van der Waals surface area contributed by atoms with Crippen molar-refractivity contribution in [3.63, 3.8) is 0 Å². The van der Waals surface area contributed by atoms with E-state index in [1.165, 1.54) is 38.5 Å². The highest BCUT2D eigenvalue weighted by Crippen LogP contribution is 2.53. The molecule has 1 aliphatic rings. The van der Waals surface area contributed by atoms with Gasteiger partial charge in [0, 0.05) is 54.9 Å². The first-order valence-corrected chi connectivity index (χ1v) is 20.1. The molecule has 0 unspecified atom stereocenters. The standard InChI is InChI=1S/C54H36N4O/c1-54(2)43-25-11-9-21-41(43)48-44(54)29-30-46-49(48)42-22-10-12-26-45(42)58(46)37-20-13-19-35(31-37)52-55-51(34-17-7-4-8-18-34)56-53(57-52)36-27-28-39-40-24-14-23-38(33-15-5-3-6-16-33)50(40)59-47(39)32-36/h3-32H,1-2H3. The molecular formula is C54H36N4O. The van der Waals surface area contributed by atoms with Crippen LogP contribution in [0.25, 0.3) is 106 Å². The van der Waals surface area contributed by atoms with Crippen molar-refractivity contribution in [1.29, 1.82) is 0 Å². The summed E-state index contributed by atoms with van der Waals surface area (Å²) in [6.07, 6.45) is 0. The van der Waals surface area contributed by atoms with Gasteiger partial charge in [-0.1, -0.05) is 159 Å². The number of rotatable bonds is 5. The fourth-order valence-corrected chi connectivity index (χ4v) is 9.45. The molecule has 0 aliphatic heterocycles. The first-order valence-electron chi connectivity index (χ1n) is 20.1. The molecule has 59 heavy (non-hydrogen) atoms. The summed E-state index contributed by atoms with van der Waals surface area (Å²) in [5, 5.41) is 4.65. The molecule has 0 N–H and O–H groups in total. The van der Waals surface area contributed by atoms with Crippen LogP contribution in [0.2, 0.25) is 0 Å². The lowest BCUT2D eigenvalue weighted by Crippen LogP contribution is -2.14. The van der Waals surface area contributed by atoms with Gasteiger partial charge in [-0.25, -0.2) is 15.0 Å². The van der Waals surface area contributed by atoms with Crippen LogP contribution in [0.15, 0.2) is 186 Å². The molecule has 0 radical (unpaired) electrons. The molecule has 0 bridgehead atoms. The Kier molecular flexibility index (Phi) is 7.20. The largest absolute Gasteiger partial charge is 0.455 e. The zero-order valence-electron chi connectivity index (χ0n) is 32.5. The van der Waals surface area contributed by atoms with Crippen molar-refractivity contribution in [3.05, 3.63) is 193 Å². The molecule has 12 rings (SSSR count). The predicted molar refractivity (Wildman–Crippen MR) is 241 cm³/mol. The van der Waals surface area contributed by atoms with E-state index in [2.05, 4.69) is 164 Å². The van der Waals surface area contributed by atoms with Gasteiger partial charge in [-0.3, -0.25) is 0 Å². The highest BCUT2D eigenvalue weighted by atomic mass is 16.3. The smallest absolute Gasteiger partial charge is 0.164 e. The SMILES string of the molecule is CC1(C)c2ccccc2-c2c1ccc1c2c2ccccc2n1-c1cccc(-c2nc(-c3ccccc3)nc(-c3ccc4c(c3)oc3c(-c5ccccc5)cccc34)n2)c1. The molecule has 0 saturated heterocycles. The maximum absolute atomic E-state index is 6.64. The number of para-hydroxylation sites is 2. The Morgan fingerprint density at radius 2 is 1.07 bits per heavy atom. The van der Waals surface area contributed by atoms with Crippen LogP contribution >= 0.6 is 0 Å². The fourth-order valence-electron chi connectivity index (χ4n) is 9.45. The first-order chi connectivity index (χ1) is 29.0. The van der Waals surface area contributed by atoms with E-state index in [1.807, 2.05) is 36.4 Å². The van der Waals surface area contributed by atoms with Gasteiger partial charge in [0.05, 0.1) is 11.0 Å². The Hall–Kier alpha value is -7.63. The molecule has 0 saturated carbocycles. The fraction of sp³-hybridized carbons (Fsp3) is 0.0556. The summed E-state index contributed by atoms with van der Waals surface area (Å²) >= 11 is 0. The average molecular weight is 757 g/mol. The second-order valence-corrected chi connectivity index (χ2v) is 16.0. The van der Waals surface area contributed by atoms with Crippen LogP contribution in [0.4, 0.5) is 0 Å². The zero-order valence-corrected chi connectivity index (χ0v) is 32.5. The summed E-state index contributed by atoms with van der Waals surface area (Å²) in [5.74, 6) is 1.79. The molecule has 3 heterocycles. The molecule has 8 aromatic carbocycles. The number of furan rings is 1. The van der Waals surface area contributed by atoms with Gasteiger partial charge < -0.3 is 8.98 Å². The normalized spacial score (nSPS) is 13.1. The van der Waals surface area contributed by atoms with E-state index in [0.29, 0.717) is 17.5 Å². The number of fused-ring (bicyclic) bond motifs is 10. The van der Waals surface area contributed by atoms with E-state index in [-0.39, 0.29) is 5.41 Å². The maximum Gasteiger partial charge on any atom is 0.164 e. The van der Waals surface area contributed by atoms with Crippen LogP contribution < -0.4 is 0 Å². The second-order valence-electron chi connectivity index (χ2n) is 16.0. The van der Waals surface area contributed by atoms with Crippen molar-refractivity contribution in [2.75, 3.05) is 0 Å². The maximum atomic E-state index is 6.64. The molecule has 0 atom stereocenters. The third kappa shape index (κ3) is 5.08. The van der Waals surface area contributed by atoms with Crippen molar-refractivity contribution in [2.24, 2.45) is 0 Å². The van der Waals surface area contributed by atoms with Crippen molar-refractivity contribution in [1.82, 2.24) is 19.5 Å². The molecule has 5 nitrogen and oxygen atoms in total. The van der Waals surface area contributed by atoms with E-state index in [4.69, 9.17) is 19.4 Å².